The molecule has 1 saturated heterocycles. The second kappa shape index (κ2) is 5.50. The number of nitrogens with one attached hydrogen (secondary N) is 2. The normalized spacial score (nSPS) is 25.2. The minimum Gasteiger partial charge on any atom is -0.358 e. The maximum absolute atomic E-state index is 11.2. The SMILES string of the molecule is CNC(=O)[C@@H](C)NC1CCCSC1. The van der Waals surface area contributed by atoms with E-state index in [0.29, 0.717) is 6.04 Å². The number of rotatable bonds is 3. The van der Waals surface area contributed by atoms with Crippen molar-refractivity contribution in [1.82, 2.24) is 10.6 Å². The predicted molar refractivity (Wildman–Crippen MR) is 57.0 cm³/mol. The van der Waals surface area contributed by atoms with Gasteiger partial charge in [-0.25, -0.2) is 0 Å². The molecule has 76 valence electrons. The van der Waals surface area contributed by atoms with Crippen molar-refractivity contribution < 1.29 is 4.79 Å². The average molecular weight is 202 g/mol. The molecule has 1 aliphatic rings. The molecule has 0 aliphatic carbocycles. The molecule has 1 heterocycles. The van der Waals surface area contributed by atoms with Gasteiger partial charge in [0, 0.05) is 18.8 Å². The molecule has 2 atom stereocenters. The fourth-order valence-corrected chi connectivity index (χ4v) is 2.60. The van der Waals surface area contributed by atoms with Gasteiger partial charge in [-0.2, -0.15) is 11.8 Å². The van der Waals surface area contributed by atoms with Crippen LogP contribution in [0.2, 0.25) is 0 Å². The van der Waals surface area contributed by atoms with Crippen molar-refractivity contribution in [3.8, 4) is 0 Å². The zero-order valence-corrected chi connectivity index (χ0v) is 9.12. The van der Waals surface area contributed by atoms with Crippen molar-refractivity contribution in [3.05, 3.63) is 0 Å². The van der Waals surface area contributed by atoms with Crippen LogP contribution in [0, 0.1) is 0 Å². The van der Waals surface area contributed by atoms with E-state index in [9.17, 15) is 4.79 Å². The molecule has 3 nitrogen and oxygen atoms in total. The molecule has 0 bridgehead atoms. The number of hydrogen-bond donors (Lipinski definition) is 2. The summed E-state index contributed by atoms with van der Waals surface area (Å²) in [6.45, 7) is 1.91. The van der Waals surface area contributed by atoms with Gasteiger partial charge in [-0.1, -0.05) is 0 Å². The van der Waals surface area contributed by atoms with Gasteiger partial charge in [0.15, 0.2) is 0 Å². The molecule has 1 amide bonds. The van der Waals surface area contributed by atoms with Crippen LogP contribution in [0.15, 0.2) is 0 Å². The first-order valence-corrected chi connectivity index (χ1v) is 5.95. The third-order valence-corrected chi connectivity index (χ3v) is 3.50. The molecule has 0 aromatic rings. The Morgan fingerprint density at radius 2 is 2.38 bits per heavy atom. The lowest BCUT2D eigenvalue weighted by Gasteiger charge is -2.25. The Kier molecular flexibility index (Phi) is 4.59. The summed E-state index contributed by atoms with van der Waals surface area (Å²) in [4.78, 5) is 11.2. The minimum absolute atomic E-state index is 0.0614. The van der Waals surface area contributed by atoms with E-state index in [4.69, 9.17) is 0 Å². The lowest BCUT2D eigenvalue weighted by atomic mass is 10.1. The van der Waals surface area contributed by atoms with Gasteiger partial charge in [0.1, 0.15) is 0 Å². The van der Waals surface area contributed by atoms with Crippen LogP contribution in [0.1, 0.15) is 19.8 Å². The fraction of sp³-hybridized carbons (Fsp3) is 0.889. The first-order chi connectivity index (χ1) is 6.24. The van der Waals surface area contributed by atoms with E-state index in [1.54, 1.807) is 7.05 Å². The van der Waals surface area contributed by atoms with Crippen LogP contribution in [0.4, 0.5) is 0 Å². The Balaban J connectivity index is 2.25. The molecule has 0 spiro atoms. The molecule has 0 saturated carbocycles. The Morgan fingerprint density at radius 1 is 1.62 bits per heavy atom. The third kappa shape index (κ3) is 3.56. The fourth-order valence-electron chi connectivity index (χ4n) is 1.52. The number of amides is 1. The van der Waals surface area contributed by atoms with E-state index in [-0.39, 0.29) is 11.9 Å². The standard InChI is InChI=1S/C9H18N2OS/c1-7(9(12)10-2)11-8-4-3-5-13-6-8/h7-8,11H,3-6H2,1-2H3,(H,10,12)/t7-,8?/m1/s1. The summed E-state index contributed by atoms with van der Waals surface area (Å²) < 4.78 is 0. The van der Waals surface area contributed by atoms with Gasteiger partial charge in [-0.15, -0.1) is 0 Å². The molecule has 1 aliphatic heterocycles. The third-order valence-electron chi connectivity index (χ3n) is 2.29. The summed E-state index contributed by atoms with van der Waals surface area (Å²) in [6.07, 6.45) is 2.47. The molecule has 2 N–H and O–H groups in total. The number of carbonyl (C=O) groups is 1. The lowest BCUT2D eigenvalue weighted by Crippen LogP contribution is -2.47. The highest BCUT2D eigenvalue weighted by molar-refractivity contribution is 7.99. The summed E-state index contributed by atoms with van der Waals surface area (Å²) in [7, 11) is 1.68. The van der Waals surface area contributed by atoms with Crippen molar-refractivity contribution in [1.29, 1.82) is 0 Å². The largest absolute Gasteiger partial charge is 0.358 e. The lowest BCUT2D eigenvalue weighted by molar-refractivity contribution is -0.122. The van der Waals surface area contributed by atoms with Crippen LogP contribution >= 0.6 is 11.8 Å². The highest BCUT2D eigenvalue weighted by Crippen LogP contribution is 2.17. The maximum Gasteiger partial charge on any atom is 0.236 e. The summed E-state index contributed by atoms with van der Waals surface area (Å²) in [5.74, 6) is 2.49. The van der Waals surface area contributed by atoms with E-state index in [1.165, 1.54) is 18.6 Å². The van der Waals surface area contributed by atoms with Crippen molar-refractivity contribution in [2.75, 3.05) is 18.6 Å². The molecule has 1 fully saturated rings. The van der Waals surface area contributed by atoms with Crippen molar-refractivity contribution in [2.45, 2.75) is 31.8 Å². The van der Waals surface area contributed by atoms with Crippen LogP contribution in [0.3, 0.4) is 0 Å². The molecule has 1 unspecified atom stereocenters. The van der Waals surface area contributed by atoms with Gasteiger partial charge < -0.3 is 10.6 Å². The summed E-state index contributed by atoms with van der Waals surface area (Å²) in [5, 5.41) is 5.98. The van der Waals surface area contributed by atoms with E-state index in [2.05, 4.69) is 10.6 Å². The molecular formula is C9H18N2OS. The van der Waals surface area contributed by atoms with Gasteiger partial charge >= 0.3 is 0 Å². The van der Waals surface area contributed by atoms with Crippen LogP contribution in [-0.4, -0.2) is 36.5 Å². The zero-order valence-electron chi connectivity index (χ0n) is 8.30. The quantitative estimate of drug-likeness (QED) is 0.704. The van der Waals surface area contributed by atoms with Crippen molar-refractivity contribution >= 4 is 17.7 Å². The zero-order chi connectivity index (χ0) is 9.68. The minimum atomic E-state index is -0.0614. The van der Waals surface area contributed by atoms with Gasteiger partial charge in [0.05, 0.1) is 6.04 Å². The summed E-state index contributed by atoms with van der Waals surface area (Å²) >= 11 is 1.97. The molecule has 4 heteroatoms. The Labute approximate surface area is 84.0 Å². The maximum atomic E-state index is 11.2. The average Bonchev–Trinajstić information content (AvgIpc) is 2.18. The highest BCUT2D eigenvalue weighted by Gasteiger charge is 2.18. The second-order valence-electron chi connectivity index (χ2n) is 3.42. The number of likely N-dealkylation sites (N-methyl/N-ethyl adjacent to an activating group) is 1. The number of carbonyl (C=O) groups excluding carboxylic acids is 1. The Hall–Kier alpha value is -0.220. The van der Waals surface area contributed by atoms with Crippen molar-refractivity contribution in [2.24, 2.45) is 0 Å². The molecular weight excluding hydrogens is 184 g/mol. The van der Waals surface area contributed by atoms with E-state index in [1.807, 2.05) is 18.7 Å². The van der Waals surface area contributed by atoms with Gasteiger partial charge in [0.25, 0.3) is 0 Å². The van der Waals surface area contributed by atoms with E-state index < -0.39 is 0 Å². The molecule has 0 aromatic heterocycles. The Morgan fingerprint density at radius 3 is 2.92 bits per heavy atom. The second-order valence-corrected chi connectivity index (χ2v) is 4.57. The summed E-state index contributed by atoms with van der Waals surface area (Å²) in [5.41, 5.74) is 0. The van der Waals surface area contributed by atoms with Crippen LogP contribution in [0.25, 0.3) is 0 Å². The summed E-state index contributed by atoms with van der Waals surface area (Å²) in [6, 6.07) is 0.458. The predicted octanol–water partition coefficient (Wildman–Crippen LogP) is 0.606. The van der Waals surface area contributed by atoms with Gasteiger partial charge in [-0.3, -0.25) is 4.79 Å². The van der Waals surface area contributed by atoms with Crippen LogP contribution in [-0.2, 0) is 4.79 Å². The van der Waals surface area contributed by atoms with Crippen LogP contribution < -0.4 is 10.6 Å². The Bertz CT molecular complexity index is 169. The topological polar surface area (TPSA) is 41.1 Å². The van der Waals surface area contributed by atoms with Crippen LogP contribution in [0.5, 0.6) is 0 Å². The van der Waals surface area contributed by atoms with E-state index >= 15 is 0 Å². The molecule has 0 radical (unpaired) electrons. The van der Waals surface area contributed by atoms with Crippen molar-refractivity contribution in [3.63, 3.8) is 0 Å². The van der Waals surface area contributed by atoms with Gasteiger partial charge in [0.2, 0.25) is 5.91 Å². The molecule has 1 rings (SSSR count). The monoisotopic (exact) mass is 202 g/mol. The van der Waals surface area contributed by atoms with E-state index in [0.717, 1.165) is 5.75 Å². The van der Waals surface area contributed by atoms with Gasteiger partial charge in [-0.05, 0) is 25.5 Å². The molecule has 13 heavy (non-hydrogen) atoms. The first-order valence-electron chi connectivity index (χ1n) is 4.79. The smallest absolute Gasteiger partial charge is 0.236 e. The number of thioether (sulfide) groups is 1. The highest BCUT2D eigenvalue weighted by atomic mass is 32.2. The first kappa shape index (κ1) is 10.9. The number of hydrogen-bond acceptors (Lipinski definition) is 3. The molecule has 0 aromatic carbocycles.